The van der Waals surface area contributed by atoms with E-state index in [1.165, 1.54) is 4.90 Å². The molecule has 1 saturated heterocycles. The van der Waals surface area contributed by atoms with Crippen molar-refractivity contribution in [1.82, 2.24) is 4.90 Å². The van der Waals surface area contributed by atoms with Crippen molar-refractivity contribution in [2.75, 3.05) is 18.6 Å². The van der Waals surface area contributed by atoms with Crippen LogP contribution in [0.25, 0.3) is 0 Å². The van der Waals surface area contributed by atoms with Crippen molar-refractivity contribution in [2.24, 2.45) is 0 Å². The van der Waals surface area contributed by atoms with Crippen LogP contribution in [0.2, 0.25) is 0 Å². The molecule has 1 aromatic carbocycles. The molecule has 0 spiro atoms. The van der Waals surface area contributed by atoms with Crippen molar-refractivity contribution in [2.45, 2.75) is 25.4 Å². The average Bonchev–Trinajstić information content (AvgIpc) is 2.52. The molecule has 0 aliphatic carbocycles. The van der Waals surface area contributed by atoms with Gasteiger partial charge < -0.3 is 9.74 Å². The van der Waals surface area contributed by atoms with Crippen LogP contribution in [0, 0.1) is 10.1 Å². The monoisotopic (exact) mass is 333 g/mol. The molecule has 0 bridgehead atoms. The molecule has 1 fully saturated rings. The van der Waals surface area contributed by atoms with E-state index >= 15 is 0 Å². The fraction of sp³-hybridized carbons (Fsp3) is 0.462. The van der Waals surface area contributed by atoms with Crippen LogP contribution in [0.5, 0.6) is 0 Å². The van der Waals surface area contributed by atoms with E-state index in [2.05, 4.69) is 5.48 Å². The molecule has 2 rings (SSSR count). The van der Waals surface area contributed by atoms with Gasteiger partial charge in [0.25, 0.3) is 5.69 Å². The number of amides is 1. The summed E-state index contributed by atoms with van der Waals surface area (Å²) in [5.41, 5.74) is -0.238. The minimum atomic E-state index is -4.70. The molecule has 0 aromatic heterocycles. The molecule has 1 heterocycles. The highest BCUT2D eigenvalue weighted by Gasteiger charge is 2.33. The predicted octanol–water partition coefficient (Wildman–Crippen LogP) is 3.56. The third-order valence-electron chi connectivity index (χ3n) is 3.38. The van der Waals surface area contributed by atoms with Crippen LogP contribution in [0.3, 0.4) is 0 Å². The summed E-state index contributed by atoms with van der Waals surface area (Å²) in [5, 5.41) is 10.9. The highest BCUT2D eigenvalue weighted by atomic mass is 19.4. The zero-order chi connectivity index (χ0) is 17.0. The van der Waals surface area contributed by atoms with Crippen LogP contribution >= 0.6 is 0 Å². The number of nitro groups is 1. The lowest BCUT2D eigenvalue weighted by Gasteiger charge is -2.25. The van der Waals surface area contributed by atoms with E-state index in [-0.39, 0.29) is 5.69 Å². The normalized spacial score (nSPS) is 15.2. The van der Waals surface area contributed by atoms with Crippen LogP contribution in [0.1, 0.15) is 24.8 Å². The standard InChI is InChI=1S/C13H14F3N3O4/c14-13(15,16)9-4-5-10(11(8-9)19(21)22)17-23-12(20)18-6-2-1-3-7-18/h4-5,8,17H,1-3,6-7H2. The molecular formula is C13H14F3N3O4. The lowest BCUT2D eigenvalue weighted by Crippen LogP contribution is -2.37. The molecule has 0 saturated carbocycles. The van der Waals surface area contributed by atoms with Gasteiger partial charge in [-0.3, -0.25) is 10.1 Å². The van der Waals surface area contributed by atoms with Gasteiger partial charge in [-0.05, 0) is 31.4 Å². The minimum absolute atomic E-state index is 0.326. The SMILES string of the molecule is O=C(ONc1ccc(C(F)(F)F)cc1[N+](=O)[O-])N1CCCCC1. The van der Waals surface area contributed by atoms with E-state index in [0.29, 0.717) is 25.2 Å². The number of nitro benzene ring substituents is 1. The van der Waals surface area contributed by atoms with Gasteiger partial charge in [-0.1, -0.05) is 0 Å². The lowest BCUT2D eigenvalue weighted by molar-refractivity contribution is -0.384. The number of halogens is 3. The molecule has 1 N–H and O–H groups in total. The maximum atomic E-state index is 12.6. The van der Waals surface area contributed by atoms with Gasteiger partial charge >= 0.3 is 12.3 Å². The quantitative estimate of drug-likeness (QED) is 0.675. The van der Waals surface area contributed by atoms with Crippen LogP contribution in [-0.4, -0.2) is 29.0 Å². The molecule has 1 aromatic rings. The molecular weight excluding hydrogens is 319 g/mol. The molecule has 1 aliphatic heterocycles. The molecule has 0 atom stereocenters. The van der Waals surface area contributed by atoms with E-state index in [9.17, 15) is 28.1 Å². The Morgan fingerprint density at radius 3 is 2.48 bits per heavy atom. The largest absolute Gasteiger partial charge is 0.434 e. The number of carbonyl (C=O) groups is 1. The maximum absolute atomic E-state index is 12.6. The summed E-state index contributed by atoms with van der Waals surface area (Å²) < 4.78 is 37.8. The number of benzene rings is 1. The van der Waals surface area contributed by atoms with Gasteiger partial charge in [-0.2, -0.15) is 13.2 Å². The number of anilines is 1. The Labute approximate surface area is 129 Å². The number of hydrogen-bond donors (Lipinski definition) is 1. The first-order valence-electron chi connectivity index (χ1n) is 6.86. The minimum Gasteiger partial charge on any atom is -0.324 e. The van der Waals surface area contributed by atoms with E-state index in [1.54, 1.807) is 0 Å². The fourth-order valence-electron chi connectivity index (χ4n) is 2.18. The molecule has 10 heteroatoms. The molecule has 7 nitrogen and oxygen atoms in total. The van der Waals surface area contributed by atoms with Gasteiger partial charge in [0.2, 0.25) is 0 Å². The van der Waals surface area contributed by atoms with Crippen LogP contribution in [0.4, 0.5) is 29.3 Å². The molecule has 0 unspecified atom stereocenters. The molecule has 1 amide bonds. The Hall–Kier alpha value is -2.52. The second kappa shape index (κ2) is 6.71. The number of nitrogens with zero attached hydrogens (tertiary/aromatic N) is 2. The van der Waals surface area contributed by atoms with Gasteiger partial charge in [-0.25, -0.2) is 10.3 Å². The van der Waals surface area contributed by atoms with Crippen LogP contribution in [0.15, 0.2) is 18.2 Å². The highest BCUT2D eigenvalue weighted by molar-refractivity contribution is 5.70. The van der Waals surface area contributed by atoms with Crippen molar-refractivity contribution < 1.29 is 27.7 Å². The number of alkyl halides is 3. The molecule has 0 radical (unpaired) electrons. The van der Waals surface area contributed by atoms with Crippen molar-refractivity contribution in [3.05, 3.63) is 33.9 Å². The summed E-state index contributed by atoms with van der Waals surface area (Å²) in [6.45, 7) is 1.02. The predicted molar refractivity (Wildman–Crippen MR) is 73.6 cm³/mol. The Balaban J connectivity index is 2.09. The van der Waals surface area contributed by atoms with Crippen molar-refractivity contribution in [1.29, 1.82) is 0 Å². The highest BCUT2D eigenvalue weighted by Crippen LogP contribution is 2.35. The summed E-state index contributed by atoms with van der Waals surface area (Å²) >= 11 is 0. The second-order valence-electron chi connectivity index (χ2n) is 5.00. The lowest BCUT2D eigenvalue weighted by atomic mass is 10.1. The summed E-state index contributed by atoms with van der Waals surface area (Å²) in [6, 6.07) is 1.91. The summed E-state index contributed by atoms with van der Waals surface area (Å²) in [4.78, 5) is 27.8. The van der Waals surface area contributed by atoms with Crippen molar-refractivity contribution >= 4 is 17.5 Å². The first-order valence-corrected chi connectivity index (χ1v) is 6.86. The van der Waals surface area contributed by atoms with E-state index in [1.807, 2.05) is 0 Å². The Morgan fingerprint density at radius 1 is 1.26 bits per heavy atom. The zero-order valence-corrected chi connectivity index (χ0v) is 11.9. The van der Waals surface area contributed by atoms with Crippen molar-refractivity contribution in [3.8, 4) is 0 Å². The van der Waals surface area contributed by atoms with E-state index < -0.39 is 28.4 Å². The molecule has 1 aliphatic rings. The fourth-order valence-corrected chi connectivity index (χ4v) is 2.18. The van der Waals surface area contributed by atoms with Crippen molar-refractivity contribution in [3.63, 3.8) is 0 Å². The number of likely N-dealkylation sites (tertiary alicyclic amines) is 1. The number of rotatable bonds is 3. The maximum Gasteiger partial charge on any atom is 0.434 e. The third kappa shape index (κ3) is 4.24. The Morgan fingerprint density at radius 2 is 1.91 bits per heavy atom. The number of carbonyl (C=O) groups excluding carboxylic acids is 1. The first kappa shape index (κ1) is 16.8. The topological polar surface area (TPSA) is 84.7 Å². The Bertz CT molecular complexity index is 601. The second-order valence-corrected chi connectivity index (χ2v) is 5.00. The number of nitrogens with one attached hydrogen (secondary N) is 1. The van der Waals surface area contributed by atoms with Gasteiger partial charge in [0.05, 0.1) is 10.5 Å². The smallest absolute Gasteiger partial charge is 0.324 e. The number of hydrogen-bond acceptors (Lipinski definition) is 5. The number of piperidine rings is 1. The van der Waals surface area contributed by atoms with E-state index in [4.69, 9.17) is 4.84 Å². The summed E-state index contributed by atoms with van der Waals surface area (Å²) in [7, 11) is 0. The van der Waals surface area contributed by atoms with Gasteiger partial charge in [0, 0.05) is 19.2 Å². The summed E-state index contributed by atoms with van der Waals surface area (Å²) in [5.74, 6) is 0. The molecule has 23 heavy (non-hydrogen) atoms. The summed E-state index contributed by atoms with van der Waals surface area (Å²) in [6.07, 6.45) is -2.76. The first-order chi connectivity index (χ1) is 10.8. The van der Waals surface area contributed by atoms with Crippen LogP contribution in [-0.2, 0) is 11.0 Å². The van der Waals surface area contributed by atoms with Gasteiger partial charge in [-0.15, -0.1) is 0 Å². The molecule has 126 valence electrons. The van der Waals surface area contributed by atoms with Gasteiger partial charge in [0.1, 0.15) is 5.69 Å². The van der Waals surface area contributed by atoms with Crippen LogP contribution < -0.4 is 5.48 Å². The Kier molecular flexibility index (Phi) is 4.92. The zero-order valence-electron chi connectivity index (χ0n) is 11.9. The third-order valence-corrected chi connectivity index (χ3v) is 3.38. The van der Waals surface area contributed by atoms with E-state index in [0.717, 1.165) is 25.3 Å². The van der Waals surface area contributed by atoms with Gasteiger partial charge in [0.15, 0.2) is 0 Å². The average molecular weight is 333 g/mol.